The zero-order chi connectivity index (χ0) is 14.6. The molecule has 0 saturated heterocycles. The van der Waals surface area contributed by atoms with Crippen LogP contribution < -0.4 is 4.72 Å². The Kier molecular flexibility index (Phi) is 4.91. The second-order valence-electron chi connectivity index (χ2n) is 4.18. The zero-order valence-electron chi connectivity index (χ0n) is 10.5. The van der Waals surface area contributed by atoms with Crippen molar-refractivity contribution < 1.29 is 12.8 Å². The van der Waals surface area contributed by atoms with E-state index < -0.39 is 15.8 Å². The molecule has 0 aliphatic carbocycles. The van der Waals surface area contributed by atoms with E-state index in [1.54, 1.807) is 0 Å². The van der Waals surface area contributed by atoms with Gasteiger partial charge in [-0.05, 0) is 29.8 Å². The van der Waals surface area contributed by atoms with Gasteiger partial charge in [-0.15, -0.1) is 0 Å². The summed E-state index contributed by atoms with van der Waals surface area (Å²) in [5, 5.41) is 0. The molecule has 0 radical (unpaired) electrons. The van der Waals surface area contributed by atoms with Crippen LogP contribution >= 0.6 is 15.9 Å². The summed E-state index contributed by atoms with van der Waals surface area (Å²) >= 11 is 3.44. The van der Waals surface area contributed by atoms with Crippen LogP contribution in [0.1, 0.15) is 10.4 Å². The van der Waals surface area contributed by atoms with Crippen LogP contribution in [0.5, 0.6) is 0 Å². The lowest BCUT2D eigenvalue weighted by atomic mass is 10.2. The summed E-state index contributed by atoms with van der Waals surface area (Å²) in [4.78, 5) is -0.0782. The molecule has 0 aliphatic heterocycles. The maximum atomic E-state index is 12.8. The topological polar surface area (TPSA) is 46.2 Å². The first-order valence-electron chi connectivity index (χ1n) is 5.93. The minimum atomic E-state index is -3.63. The lowest BCUT2D eigenvalue weighted by Gasteiger charge is -2.12. The molecule has 106 valence electrons. The quantitative estimate of drug-likeness (QED) is 0.835. The fourth-order valence-electron chi connectivity index (χ4n) is 1.66. The molecule has 0 heterocycles. The van der Waals surface area contributed by atoms with Gasteiger partial charge in [0.2, 0.25) is 10.0 Å². The highest BCUT2D eigenvalue weighted by Crippen LogP contribution is 2.22. The molecule has 0 aromatic heterocycles. The van der Waals surface area contributed by atoms with Crippen LogP contribution in [0.25, 0.3) is 0 Å². The van der Waals surface area contributed by atoms with E-state index in [2.05, 4.69) is 20.7 Å². The Morgan fingerprint density at radius 2 is 1.65 bits per heavy atom. The summed E-state index contributed by atoms with van der Waals surface area (Å²) in [6, 6.07) is 14.2. The molecule has 3 nitrogen and oxygen atoms in total. The predicted octanol–water partition coefficient (Wildman–Crippen LogP) is 3.24. The van der Waals surface area contributed by atoms with Crippen LogP contribution in [0.4, 0.5) is 4.39 Å². The van der Waals surface area contributed by atoms with E-state index >= 15 is 0 Å². The second kappa shape index (κ2) is 6.47. The predicted molar refractivity (Wildman–Crippen MR) is 79.7 cm³/mol. The van der Waals surface area contributed by atoms with Crippen molar-refractivity contribution in [1.82, 2.24) is 4.72 Å². The van der Waals surface area contributed by atoms with Crippen LogP contribution in [0.3, 0.4) is 0 Å². The molecular weight excluding hydrogens is 345 g/mol. The van der Waals surface area contributed by atoms with Gasteiger partial charge in [0, 0.05) is 6.54 Å². The Labute approximate surface area is 126 Å². The molecule has 6 heteroatoms. The second-order valence-corrected chi connectivity index (χ2v) is 7.06. The largest absolute Gasteiger partial charge is 0.240 e. The minimum absolute atomic E-state index is 0.0478. The van der Waals surface area contributed by atoms with Gasteiger partial charge in [0.25, 0.3) is 0 Å². The van der Waals surface area contributed by atoms with Gasteiger partial charge in [-0.2, -0.15) is 0 Å². The molecule has 2 aromatic carbocycles. The van der Waals surface area contributed by atoms with Crippen molar-refractivity contribution in [1.29, 1.82) is 0 Å². The molecule has 1 unspecified atom stereocenters. The number of hydrogen-bond acceptors (Lipinski definition) is 2. The normalized spacial score (nSPS) is 13.1. The van der Waals surface area contributed by atoms with Crippen molar-refractivity contribution in [2.75, 3.05) is 6.54 Å². The number of sulfonamides is 1. The molecule has 1 N–H and O–H groups in total. The van der Waals surface area contributed by atoms with E-state index in [0.29, 0.717) is 0 Å². The maximum Gasteiger partial charge on any atom is 0.240 e. The molecule has 0 amide bonds. The summed E-state index contributed by atoms with van der Waals surface area (Å²) in [7, 11) is -3.63. The molecule has 2 rings (SSSR count). The smallest absolute Gasteiger partial charge is 0.210 e. The summed E-state index contributed by atoms with van der Waals surface area (Å²) in [5.74, 6) is -0.466. The van der Waals surface area contributed by atoms with Crippen LogP contribution in [0, 0.1) is 5.82 Å². The van der Waals surface area contributed by atoms with Gasteiger partial charge in [-0.1, -0.05) is 46.3 Å². The van der Waals surface area contributed by atoms with Crippen molar-refractivity contribution in [3.05, 3.63) is 66.0 Å². The Morgan fingerprint density at radius 3 is 2.25 bits per heavy atom. The molecule has 20 heavy (non-hydrogen) atoms. The van der Waals surface area contributed by atoms with Gasteiger partial charge in [0.05, 0.1) is 9.72 Å². The standard InChI is InChI=1S/C14H13BrFNO2S/c15-14(11-4-2-1-3-5-11)10-17-20(18,19)13-8-6-12(16)7-9-13/h1-9,14,17H,10H2. The number of halogens is 2. The van der Waals surface area contributed by atoms with Gasteiger partial charge in [-0.3, -0.25) is 0 Å². The summed E-state index contributed by atoms with van der Waals surface area (Å²) in [6.45, 7) is 0.212. The zero-order valence-corrected chi connectivity index (χ0v) is 12.9. The number of rotatable bonds is 5. The number of alkyl halides is 1. The summed E-state index contributed by atoms with van der Waals surface area (Å²) < 4.78 is 39.3. The van der Waals surface area contributed by atoms with Gasteiger partial charge in [0.15, 0.2) is 0 Å². The van der Waals surface area contributed by atoms with E-state index in [0.717, 1.165) is 17.7 Å². The first-order chi connectivity index (χ1) is 9.49. The fourth-order valence-corrected chi connectivity index (χ4v) is 3.39. The third-order valence-electron chi connectivity index (χ3n) is 2.74. The van der Waals surface area contributed by atoms with Crippen molar-refractivity contribution in [3.63, 3.8) is 0 Å². The lowest BCUT2D eigenvalue weighted by molar-refractivity contribution is 0.580. The Morgan fingerprint density at radius 1 is 1.05 bits per heavy atom. The number of nitrogens with one attached hydrogen (secondary N) is 1. The average Bonchev–Trinajstić information content (AvgIpc) is 2.46. The molecule has 0 fully saturated rings. The van der Waals surface area contributed by atoms with Gasteiger partial charge >= 0.3 is 0 Å². The van der Waals surface area contributed by atoms with Crippen molar-refractivity contribution in [2.45, 2.75) is 9.72 Å². The van der Waals surface area contributed by atoms with Gasteiger partial charge in [-0.25, -0.2) is 17.5 Å². The minimum Gasteiger partial charge on any atom is -0.210 e. The van der Waals surface area contributed by atoms with E-state index in [9.17, 15) is 12.8 Å². The first kappa shape index (κ1) is 15.2. The summed E-state index contributed by atoms with van der Waals surface area (Å²) in [5.41, 5.74) is 0.981. The molecule has 0 saturated carbocycles. The highest BCUT2D eigenvalue weighted by atomic mass is 79.9. The maximum absolute atomic E-state index is 12.8. The molecular formula is C14H13BrFNO2S. The molecule has 2 aromatic rings. The van der Waals surface area contributed by atoms with Crippen LogP contribution in [0.15, 0.2) is 59.5 Å². The van der Waals surface area contributed by atoms with Crippen molar-refractivity contribution in [3.8, 4) is 0 Å². The van der Waals surface area contributed by atoms with Crippen LogP contribution in [-0.4, -0.2) is 15.0 Å². The van der Waals surface area contributed by atoms with Crippen LogP contribution in [-0.2, 0) is 10.0 Å². The highest BCUT2D eigenvalue weighted by molar-refractivity contribution is 9.09. The number of hydrogen-bond donors (Lipinski definition) is 1. The van der Waals surface area contributed by atoms with Gasteiger partial charge < -0.3 is 0 Å². The third kappa shape index (κ3) is 3.88. The Hall–Kier alpha value is -1.24. The molecule has 0 aliphatic rings. The van der Waals surface area contributed by atoms with Gasteiger partial charge in [0.1, 0.15) is 5.82 Å². The first-order valence-corrected chi connectivity index (χ1v) is 8.33. The SMILES string of the molecule is O=S(=O)(NCC(Br)c1ccccc1)c1ccc(F)cc1. The van der Waals surface area contributed by atoms with Crippen molar-refractivity contribution in [2.24, 2.45) is 0 Å². The average molecular weight is 358 g/mol. The Bertz CT molecular complexity index is 659. The van der Waals surface area contributed by atoms with E-state index in [-0.39, 0.29) is 16.3 Å². The summed E-state index contributed by atoms with van der Waals surface area (Å²) in [6.07, 6.45) is 0. The van der Waals surface area contributed by atoms with E-state index in [4.69, 9.17) is 0 Å². The Balaban J connectivity index is 2.04. The number of benzene rings is 2. The van der Waals surface area contributed by atoms with Crippen molar-refractivity contribution >= 4 is 26.0 Å². The monoisotopic (exact) mass is 357 g/mol. The van der Waals surface area contributed by atoms with Crippen LogP contribution in [0.2, 0.25) is 0 Å². The third-order valence-corrected chi connectivity index (χ3v) is 5.03. The molecule has 0 bridgehead atoms. The van der Waals surface area contributed by atoms with E-state index in [1.165, 1.54) is 12.1 Å². The lowest BCUT2D eigenvalue weighted by Crippen LogP contribution is -2.27. The van der Waals surface area contributed by atoms with E-state index in [1.807, 2.05) is 30.3 Å². The molecule has 1 atom stereocenters. The highest BCUT2D eigenvalue weighted by Gasteiger charge is 2.16. The fraction of sp³-hybridized carbons (Fsp3) is 0.143. The molecule has 0 spiro atoms.